The molecule has 1 amide bonds. The fraction of sp³-hybridized carbons (Fsp3) is 0.278. The maximum absolute atomic E-state index is 12.5. The van der Waals surface area contributed by atoms with Gasteiger partial charge in [-0.05, 0) is 48.2 Å². The van der Waals surface area contributed by atoms with Crippen molar-refractivity contribution in [1.29, 1.82) is 0 Å². The third-order valence-corrected chi connectivity index (χ3v) is 4.06. The number of carbonyl (C=O) groups excluding carboxylic acids is 1. The summed E-state index contributed by atoms with van der Waals surface area (Å²) >= 11 is 0. The van der Waals surface area contributed by atoms with Crippen LogP contribution >= 0.6 is 0 Å². The molecule has 23 heavy (non-hydrogen) atoms. The smallest absolute Gasteiger partial charge is 0.247 e. The first-order chi connectivity index (χ1) is 11.3. The van der Waals surface area contributed by atoms with Crippen molar-refractivity contribution in [2.75, 3.05) is 18.9 Å². The molecular weight excluding hydrogens is 288 g/mol. The average Bonchev–Trinajstić information content (AvgIpc) is 3.10. The van der Waals surface area contributed by atoms with E-state index in [1.54, 1.807) is 24.7 Å². The number of pyridine rings is 2. The summed E-state index contributed by atoms with van der Waals surface area (Å²) in [6.07, 6.45) is 10.7. The van der Waals surface area contributed by atoms with Gasteiger partial charge in [0.25, 0.3) is 0 Å². The largest absolute Gasteiger partial charge is 0.373 e. The zero-order chi connectivity index (χ0) is 16.1. The van der Waals surface area contributed by atoms with E-state index in [2.05, 4.69) is 15.3 Å². The van der Waals surface area contributed by atoms with Crippen molar-refractivity contribution >= 4 is 17.8 Å². The number of anilines is 1. The van der Waals surface area contributed by atoms with Crippen molar-refractivity contribution in [3.63, 3.8) is 0 Å². The van der Waals surface area contributed by atoms with Crippen LogP contribution in [0.4, 0.5) is 5.82 Å². The Labute approximate surface area is 136 Å². The van der Waals surface area contributed by atoms with E-state index in [0.29, 0.717) is 0 Å². The lowest BCUT2D eigenvalue weighted by atomic mass is 10.1. The summed E-state index contributed by atoms with van der Waals surface area (Å²) in [5.74, 6) is 0.867. The van der Waals surface area contributed by atoms with Gasteiger partial charge in [0.15, 0.2) is 0 Å². The Hall–Kier alpha value is -2.69. The van der Waals surface area contributed by atoms with E-state index in [9.17, 15) is 4.79 Å². The quantitative estimate of drug-likeness (QED) is 0.882. The monoisotopic (exact) mass is 308 g/mol. The molecular formula is C18H20N4O. The highest BCUT2D eigenvalue weighted by molar-refractivity contribution is 5.92. The number of nitrogens with one attached hydrogen (secondary N) is 1. The summed E-state index contributed by atoms with van der Waals surface area (Å²) in [7, 11) is 1.85. The topological polar surface area (TPSA) is 58.1 Å². The Kier molecular flexibility index (Phi) is 4.66. The molecule has 0 saturated carbocycles. The van der Waals surface area contributed by atoms with E-state index in [-0.39, 0.29) is 11.9 Å². The van der Waals surface area contributed by atoms with Crippen LogP contribution in [0, 0.1) is 0 Å². The third-order valence-electron chi connectivity index (χ3n) is 4.06. The predicted molar refractivity (Wildman–Crippen MR) is 90.7 cm³/mol. The van der Waals surface area contributed by atoms with Gasteiger partial charge in [-0.1, -0.05) is 6.07 Å². The first kappa shape index (κ1) is 15.2. The molecule has 0 aliphatic carbocycles. The van der Waals surface area contributed by atoms with Crippen LogP contribution in [-0.2, 0) is 4.79 Å². The van der Waals surface area contributed by atoms with Crippen molar-refractivity contribution in [3.05, 3.63) is 60.1 Å². The van der Waals surface area contributed by atoms with Crippen LogP contribution in [0.25, 0.3) is 6.08 Å². The summed E-state index contributed by atoms with van der Waals surface area (Å²) in [6, 6.07) is 7.92. The van der Waals surface area contributed by atoms with Crippen molar-refractivity contribution in [1.82, 2.24) is 14.9 Å². The number of carbonyl (C=O) groups is 1. The molecule has 5 nitrogen and oxygen atoms in total. The van der Waals surface area contributed by atoms with E-state index in [1.807, 2.05) is 42.3 Å². The maximum Gasteiger partial charge on any atom is 0.247 e. The van der Waals surface area contributed by atoms with Gasteiger partial charge in [0.2, 0.25) is 5.91 Å². The lowest BCUT2D eigenvalue weighted by Crippen LogP contribution is -2.28. The van der Waals surface area contributed by atoms with Gasteiger partial charge in [-0.25, -0.2) is 4.98 Å². The number of hydrogen-bond acceptors (Lipinski definition) is 4. The summed E-state index contributed by atoms with van der Waals surface area (Å²) in [6.45, 7) is 0.790. The minimum Gasteiger partial charge on any atom is -0.373 e. The Morgan fingerprint density at radius 3 is 3.09 bits per heavy atom. The zero-order valence-electron chi connectivity index (χ0n) is 13.1. The molecule has 0 unspecified atom stereocenters. The average molecular weight is 308 g/mol. The molecule has 1 N–H and O–H groups in total. The normalized spacial score (nSPS) is 17.6. The highest BCUT2D eigenvalue weighted by Gasteiger charge is 2.28. The molecule has 1 fully saturated rings. The van der Waals surface area contributed by atoms with E-state index in [4.69, 9.17) is 0 Å². The summed E-state index contributed by atoms with van der Waals surface area (Å²) in [4.78, 5) is 22.8. The second kappa shape index (κ2) is 7.05. The summed E-state index contributed by atoms with van der Waals surface area (Å²) in [5, 5.41) is 3.05. The molecule has 1 saturated heterocycles. The molecule has 3 rings (SSSR count). The van der Waals surface area contributed by atoms with Crippen LogP contribution < -0.4 is 5.32 Å². The fourth-order valence-corrected chi connectivity index (χ4v) is 2.91. The number of nitrogens with zero attached hydrogens (tertiary/aromatic N) is 3. The van der Waals surface area contributed by atoms with Gasteiger partial charge in [0, 0.05) is 38.3 Å². The van der Waals surface area contributed by atoms with E-state index >= 15 is 0 Å². The molecule has 5 heteroatoms. The second-order valence-corrected chi connectivity index (χ2v) is 5.53. The van der Waals surface area contributed by atoms with Crippen LogP contribution in [0.15, 0.2) is 48.9 Å². The Morgan fingerprint density at radius 1 is 1.39 bits per heavy atom. The summed E-state index contributed by atoms with van der Waals surface area (Å²) in [5.41, 5.74) is 2.06. The Morgan fingerprint density at radius 2 is 2.30 bits per heavy atom. The highest BCUT2D eigenvalue weighted by atomic mass is 16.2. The molecule has 0 bridgehead atoms. The SMILES string of the molecule is CNc1cc([C@H]2CCCN2C(=O)/C=C/c2cccnc2)ccn1. The van der Waals surface area contributed by atoms with Gasteiger partial charge in [0.05, 0.1) is 6.04 Å². The zero-order valence-corrected chi connectivity index (χ0v) is 13.1. The highest BCUT2D eigenvalue weighted by Crippen LogP contribution is 2.32. The minimum absolute atomic E-state index is 0.0409. The lowest BCUT2D eigenvalue weighted by molar-refractivity contribution is -0.126. The van der Waals surface area contributed by atoms with Crippen molar-refractivity contribution in [2.24, 2.45) is 0 Å². The van der Waals surface area contributed by atoms with E-state index in [1.165, 1.54) is 0 Å². The predicted octanol–water partition coefficient (Wildman–Crippen LogP) is 2.90. The van der Waals surface area contributed by atoms with Crippen LogP contribution in [0.5, 0.6) is 0 Å². The van der Waals surface area contributed by atoms with Gasteiger partial charge in [-0.3, -0.25) is 9.78 Å². The van der Waals surface area contributed by atoms with Gasteiger partial charge in [0.1, 0.15) is 5.82 Å². The molecule has 118 valence electrons. The molecule has 0 radical (unpaired) electrons. The van der Waals surface area contributed by atoms with Crippen LogP contribution in [0.3, 0.4) is 0 Å². The molecule has 1 atom stereocenters. The van der Waals surface area contributed by atoms with Crippen LogP contribution in [-0.4, -0.2) is 34.4 Å². The van der Waals surface area contributed by atoms with E-state index < -0.39 is 0 Å². The molecule has 1 aliphatic heterocycles. The van der Waals surface area contributed by atoms with Crippen LogP contribution in [0.1, 0.15) is 30.0 Å². The van der Waals surface area contributed by atoms with Crippen molar-refractivity contribution < 1.29 is 4.79 Å². The molecule has 1 aliphatic rings. The van der Waals surface area contributed by atoms with Gasteiger partial charge < -0.3 is 10.2 Å². The second-order valence-electron chi connectivity index (χ2n) is 5.53. The molecule has 3 heterocycles. The minimum atomic E-state index is 0.0409. The first-order valence-corrected chi connectivity index (χ1v) is 7.80. The van der Waals surface area contributed by atoms with Crippen molar-refractivity contribution in [2.45, 2.75) is 18.9 Å². The lowest BCUT2D eigenvalue weighted by Gasteiger charge is -2.24. The number of aromatic nitrogens is 2. The molecule has 2 aromatic rings. The first-order valence-electron chi connectivity index (χ1n) is 7.80. The molecule has 2 aromatic heterocycles. The number of rotatable bonds is 4. The third kappa shape index (κ3) is 3.56. The number of amides is 1. The van der Waals surface area contributed by atoms with Crippen molar-refractivity contribution in [3.8, 4) is 0 Å². The van der Waals surface area contributed by atoms with Gasteiger partial charge in [-0.2, -0.15) is 0 Å². The standard InChI is InChI=1S/C18H20N4O/c1-19-17-12-15(8-10-21-17)16-5-3-11-22(16)18(23)7-6-14-4-2-9-20-13-14/h2,4,6-10,12-13,16H,3,5,11H2,1H3,(H,19,21)/b7-6+/t16-/m1/s1. The van der Waals surface area contributed by atoms with Gasteiger partial charge >= 0.3 is 0 Å². The van der Waals surface area contributed by atoms with Crippen LogP contribution in [0.2, 0.25) is 0 Å². The molecule has 0 aromatic carbocycles. The fourth-order valence-electron chi connectivity index (χ4n) is 2.91. The summed E-state index contributed by atoms with van der Waals surface area (Å²) < 4.78 is 0. The van der Waals surface area contributed by atoms with Gasteiger partial charge in [-0.15, -0.1) is 0 Å². The molecule has 0 spiro atoms. The number of likely N-dealkylation sites (tertiary alicyclic amines) is 1. The maximum atomic E-state index is 12.5. The Bertz CT molecular complexity index is 699. The number of hydrogen-bond donors (Lipinski definition) is 1. The van der Waals surface area contributed by atoms with E-state index in [0.717, 1.165) is 36.3 Å². The Balaban J connectivity index is 1.75.